The fourth-order valence-electron chi connectivity index (χ4n) is 2.30. The monoisotopic (exact) mass is 313 g/mol. The third kappa shape index (κ3) is 2.34. The molecule has 94 valence electrons. The molecule has 0 saturated heterocycles. The first-order valence-corrected chi connectivity index (χ1v) is 6.85. The quantitative estimate of drug-likeness (QED) is 0.662. The number of carbonyl (C=O) groups excluding carboxylic acids is 1. The molecule has 3 rings (SSSR count). The molecule has 1 heterocycles. The molecule has 0 aliphatic rings. The van der Waals surface area contributed by atoms with Crippen LogP contribution in [0.15, 0.2) is 59.1 Å². The number of rotatable bonds is 3. The molecule has 0 aliphatic carbocycles. The van der Waals surface area contributed by atoms with Gasteiger partial charge in [0, 0.05) is 21.9 Å². The highest BCUT2D eigenvalue weighted by atomic mass is 79.9. The molecule has 0 fully saturated rings. The van der Waals surface area contributed by atoms with Gasteiger partial charge in [-0.05, 0) is 29.8 Å². The van der Waals surface area contributed by atoms with Gasteiger partial charge in [-0.25, -0.2) is 0 Å². The zero-order valence-electron chi connectivity index (χ0n) is 10.2. The Kier molecular flexibility index (Phi) is 3.22. The standard InChI is InChI=1S/C16H12BrNO/c17-14-6-7-16-13(8-14)9-15(11-19)18(16)10-12-4-2-1-3-5-12/h1-9,11H,10H2. The third-order valence-corrected chi connectivity index (χ3v) is 3.69. The molecular weight excluding hydrogens is 302 g/mol. The molecule has 0 amide bonds. The predicted octanol–water partition coefficient (Wildman–Crippen LogP) is 4.26. The van der Waals surface area contributed by atoms with Gasteiger partial charge in [-0.1, -0.05) is 46.3 Å². The van der Waals surface area contributed by atoms with Crippen LogP contribution in [0.2, 0.25) is 0 Å². The Morgan fingerprint density at radius 3 is 2.58 bits per heavy atom. The fraction of sp³-hybridized carbons (Fsp3) is 0.0625. The smallest absolute Gasteiger partial charge is 0.166 e. The first-order chi connectivity index (χ1) is 9.28. The second-order valence-corrected chi connectivity index (χ2v) is 5.38. The lowest BCUT2D eigenvalue weighted by Crippen LogP contribution is -2.03. The van der Waals surface area contributed by atoms with E-state index in [-0.39, 0.29) is 0 Å². The normalized spacial score (nSPS) is 10.8. The van der Waals surface area contributed by atoms with E-state index in [0.29, 0.717) is 12.2 Å². The molecule has 0 unspecified atom stereocenters. The highest BCUT2D eigenvalue weighted by molar-refractivity contribution is 9.10. The maximum atomic E-state index is 11.2. The first-order valence-electron chi connectivity index (χ1n) is 6.06. The van der Waals surface area contributed by atoms with Gasteiger partial charge in [-0.15, -0.1) is 0 Å². The number of nitrogens with zero attached hydrogens (tertiary/aromatic N) is 1. The van der Waals surface area contributed by atoms with Crippen molar-refractivity contribution >= 4 is 33.1 Å². The van der Waals surface area contributed by atoms with Crippen molar-refractivity contribution in [2.75, 3.05) is 0 Å². The average Bonchev–Trinajstić information content (AvgIpc) is 2.77. The van der Waals surface area contributed by atoms with Crippen LogP contribution in [0.3, 0.4) is 0 Å². The number of benzene rings is 2. The summed E-state index contributed by atoms with van der Waals surface area (Å²) in [6, 6.07) is 18.2. The number of aldehydes is 1. The summed E-state index contributed by atoms with van der Waals surface area (Å²) in [5.41, 5.74) is 2.97. The number of fused-ring (bicyclic) bond motifs is 1. The van der Waals surface area contributed by atoms with E-state index in [9.17, 15) is 4.79 Å². The van der Waals surface area contributed by atoms with Crippen LogP contribution in [0.4, 0.5) is 0 Å². The van der Waals surface area contributed by atoms with E-state index >= 15 is 0 Å². The van der Waals surface area contributed by atoms with Gasteiger partial charge in [-0.2, -0.15) is 0 Å². The van der Waals surface area contributed by atoms with Gasteiger partial charge in [0.2, 0.25) is 0 Å². The van der Waals surface area contributed by atoms with Crippen LogP contribution in [-0.4, -0.2) is 10.9 Å². The van der Waals surface area contributed by atoms with Crippen LogP contribution >= 0.6 is 15.9 Å². The van der Waals surface area contributed by atoms with Gasteiger partial charge in [-0.3, -0.25) is 4.79 Å². The van der Waals surface area contributed by atoms with Crippen molar-refractivity contribution in [3.05, 3.63) is 70.3 Å². The van der Waals surface area contributed by atoms with E-state index in [1.165, 1.54) is 5.56 Å². The number of hydrogen-bond acceptors (Lipinski definition) is 1. The largest absolute Gasteiger partial charge is 0.334 e. The Hall–Kier alpha value is -1.87. The average molecular weight is 314 g/mol. The van der Waals surface area contributed by atoms with Crippen molar-refractivity contribution in [3.8, 4) is 0 Å². The van der Waals surface area contributed by atoms with Crippen molar-refractivity contribution in [2.24, 2.45) is 0 Å². The second kappa shape index (κ2) is 5.02. The summed E-state index contributed by atoms with van der Waals surface area (Å²) in [5, 5.41) is 1.08. The van der Waals surface area contributed by atoms with E-state index < -0.39 is 0 Å². The summed E-state index contributed by atoms with van der Waals surface area (Å²) in [7, 11) is 0. The third-order valence-electron chi connectivity index (χ3n) is 3.20. The molecule has 3 heteroatoms. The van der Waals surface area contributed by atoms with Gasteiger partial charge < -0.3 is 4.57 Å². The van der Waals surface area contributed by atoms with Crippen LogP contribution in [-0.2, 0) is 6.54 Å². The molecule has 1 aromatic heterocycles. The summed E-state index contributed by atoms with van der Waals surface area (Å²) in [4.78, 5) is 11.2. The minimum Gasteiger partial charge on any atom is -0.334 e. The van der Waals surface area contributed by atoms with Gasteiger partial charge >= 0.3 is 0 Å². The SMILES string of the molecule is O=Cc1cc2cc(Br)ccc2n1Cc1ccccc1. The van der Waals surface area contributed by atoms with Crippen molar-refractivity contribution in [2.45, 2.75) is 6.54 Å². The van der Waals surface area contributed by atoms with Crippen molar-refractivity contribution < 1.29 is 4.79 Å². The number of aromatic nitrogens is 1. The molecule has 0 N–H and O–H groups in total. The highest BCUT2D eigenvalue weighted by Crippen LogP contribution is 2.24. The fourth-order valence-corrected chi connectivity index (χ4v) is 2.68. The topological polar surface area (TPSA) is 22.0 Å². The van der Waals surface area contributed by atoms with E-state index in [1.807, 2.05) is 47.0 Å². The van der Waals surface area contributed by atoms with E-state index in [2.05, 4.69) is 28.1 Å². The predicted molar refractivity (Wildman–Crippen MR) is 80.6 cm³/mol. The van der Waals surface area contributed by atoms with Gasteiger partial charge in [0.05, 0.1) is 5.69 Å². The molecule has 0 spiro atoms. The highest BCUT2D eigenvalue weighted by Gasteiger charge is 2.08. The molecule has 2 aromatic carbocycles. The van der Waals surface area contributed by atoms with Crippen molar-refractivity contribution in [1.29, 1.82) is 0 Å². The van der Waals surface area contributed by atoms with Gasteiger partial charge in [0.25, 0.3) is 0 Å². The Balaban J connectivity index is 2.13. The van der Waals surface area contributed by atoms with E-state index in [4.69, 9.17) is 0 Å². The molecular formula is C16H12BrNO. The minimum atomic E-state index is 0.706. The molecule has 19 heavy (non-hydrogen) atoms. The van der Waals surface area contributed by atoms with Gasteiger partial charge in [0.15, 0.2) is 6.29 Å². The Labute approximate surface area is 119 Å². The van der Waals surface area contributed by atoms with Crippen molar-refractivity contribution in [3.63, 3.8) is 0 Å². The van der Waals surface area contributed by atoms with Gasteiger partial charge in [0.1, 0.15) is 0 Å². The Bertz CT molecular complexity index is 731. The second-order valence-electron chi connectivity index (χ2n) is 4.46. The molecule has 0 saturated carbocycles. The zero-order chi connectivity index (χ0) is 13.2. The van der Waals surface area contributed by atoms with E-state index in [0.717, 1.165) is 21.7 Å². The lowest BCUT2D eigenvalue weighted by molar-refractivity contribution is 0.111. The molecule has 2 nitrogen and oxygen atoms in total. The zero-order valence-corrected chi connectivity index (χ0v) is 11.8. The molecule has 3 aromatic rings. The van der Waals surface area contributed by atoms with Crippen LogP contribution < -0.4 is 0 Å². The lowest BCUT2D eigenvalue weighted by atomic mass is 10.2. The maximum Gasteiger partial charge on any atom is 0.166 e. The Morgan fingerprint density at radius 2 is 1.84 bits per heavy atom. The molecule has 0 radical (unpaired) electrons. The summed E-state index contributed by atoms with van der Waals surface area (Å²) in [6.07, 6.45) is 0.914. The number of hydrogen-bond donors (Lipinski definition) is 0. The van der Waals surface area contributed by atoms with E-state index in [1.54, 1.807) is 0 Å². The number of halogens is 1. The summed E-state index contributed by atoms with van der Waals surface area (Å²) in [6.45, 7) is 0.708. The molecule has 0 aliphatic heterocycles. The Morgan fingerprint density at radius 1 is 1.05 bits per heavy atom. The summed E-state index contributed by atoms with van der Waals surface area (Å²) in [5.74, 6) is 0. The maximum absolute atomic E-state index is 11.2. The number of carbonyl (C=O) groups is 1. The lowest BCUT2D eigenvalue weighted by Gasteiger charge is -2.07. The first kappa shape index (κ1) is 12.2. The molecule has 0 bridgehead atoms. The van der Waals surface area contributed by atoms with Crippen LogP contribution in [0.5, 0.6) is 0 Å². The summed E-state index contributed by atoms with van der Waals surface area (Å²) < 4.78 is 3.07. The van der Waals surface area contributed by atoms with Crippen LogP contribution in [0.25, 0.3) is 10.9 Å². The van der Waals surface area contributed by atoms with Crippen LogP contribution in [0.1, 0.15) is 16.1 Å². The summed E-state index contributed by atoms with van der Waals surface area (Å²) >= 11 is 3.46. The minimum absolute atomic E-state index is 0.706. The van der Waals surface area contributed by atoms with Crippen LogP contribution in [0, 0.1) is 0 Å². The molecule has 0 atom stereocenters. The van der Waals surface area contributed by atoms with Crippen molar-refractivity contribution in [1.82, 2.24) is 4.57 Å².